The van der Waals surface area contributed by atoms with Crippen molar-refractivity contribution in [2.45, 2.75) is 45.6 Å². The van der Waals surface area contributed by atoms with Gasteiger partial charge in [0.1, 0.15) is 11.0 Å². The van der Waals surface area contributed by atoms with Crippen LogP contribution in [0.3, 0.4) is 0 Å². The van der Waals surface area contributed by atoms with Gasteiger partial charge in [-0.15, -0.1) is 0 Å². The molecule has 1 aliphatic rings. The molecule has 0 radical (unpaired) electrons. The lowest BCUT2D eigenvalue weighted by Gasteiger charge is -2.15. The van der Waals surface area contributed by atoms with Gasteiger partial charge in [-0.2, -0.15) is 0 Å². The Bertz CT molecular complexity index is 734. The zero-order valence-electron chi connectivity index (χ0n) is 12.4. The minimum Gasteiger partial charge on any atom is -0.292 e. The molecule has 0 N–H and O–H groups in total. The van der Waals surface area contributed by atoms with Gasteiger partial charge >= 0.3 is 0 Å². The number of hydrogen-bond donors (Lipinski definition) is 0. The first-order chi connectivity index (χ1) is 10.0. The maximum Gasteiger partial charge on any atom is 0.255 e. The molecule has 0 saturated carbocycles. The standard InChI is InChI=1S/C17H19ClN2O/c1-11(2)17-19-15(18)9-16(21)20(17)10-12-6-7-13-4-3-5-14(13)8-12/h6-9,11H,3-5,10H2,1-2H3. The number of halogens is 1. The van der Waals surface area contributed by atoms with Crippen molar-refractivity contribution in [3.05, 3.63) is 62.3 Å². The first-order valence-electron chi connectivity index (χ1n) is 7.42. The Labute approximate surface area is 129 Å². The molecular weight excluding hydrogens is 284 g/mol. The maximum atomic E-state index is 12.2. The summed E-state index contributed by atoms with van der Waals surface area (Å²) in [6.07, 6.45) is 3.56. The highest BCUT2D eigenvalue weighted by molar-refractivity contribution is 6.29. The number of aryl methyl sites for hydroxylation is 2. The van der Waals surface area contributed by atoms with Crippen molar-refractivity contribution in [2.24, 2.45) is 0 Å². The van der Waals surface area contributed by atoms with Crippen LogP contribution in [-0.2, 0) is 19.4 Å². The second-order valence-electron chi connectivity index (χ2n) is 5.97. The lowest BCUT2D eigenvalue weighted by atomic mass is 10.1. The van der Waals surface area contributed by atoms with Crippen molar-refractivity contribution in [1.29, 1.82) is 0 Å². The highest BCUT2D eigenvalue weighted by atomic mass is 35.5. The van der Waals surface area contributed by atoms with Gasteiger partial charge in [0.2, 0.25) is 0 Å². The molecule has 2 aromatic rings. The van der Waals surface area contributed by atoms with E-state index in [4.69, 9.17) is 11.6 Å². The highest BCUT2D eigenvalue weighted by Gasteiger charge is 2.14. The molecule has 0 saturated heterocycles. The molecule has 0 fully saturated rings. The van der Waals surface area contributed by atoms with Gasteiger partial charge in [-0.05, 0) is 36.0 Å². The topological polar surface area (TPSA) is 34.9 Å². The third kappa shape index (κ3) is 2.88. The monoisotopic (exact) mass is 302 g/mol. The fraction of sp³-hybridized carbons (Fsp3) is 0.412. The van der Waals surface area contributed by atoms with E-state index >= 15 is 0 Å². The molecule has 21 heavy (non-hydrogen) atoms. The molecule has 1 heterocycles. The van der Waals surface area contributed by atoms with Gasteiger partial charge in [0.25, 0.3) is 5.56 Å². The summed E-state index contributed by atoms with van der Waals surface area (Å²) in [5, 5.41) is 0.272. The van der Waals surface area contributed by atoms with E-state index in [0.717, 1.165) is 17.8 Å². The fourth-order valence-corrected chi connectivity index (χ4v) is 3.18. The van der Waals surface area contributed by atoms with E-state index < -0.39 is 0 Å². The van der Waals surface area contributed by atoms with Crippen molar-refractivity contribution in [3.8, 4) is 0 Å². The fourth-order valence-electron chi connectivity index (χ4n) is 3.00. The number of benzene rings is 1. The van der Waals surface area contributed by atoms with Crippen molar-refractivity contribution >= 4 is 11.6 Å². The van der Waals surface area contributed by atoms with Gasteiger partial charge in [0.05, 0.1) is 6.54 Å². The number of nitrogens with zero attached hydrogens (tertiary/aromatic N) is 2. The Morgan fingerprint density at radius 2 is 2.00 bits per heavy atom. The van der Waals surface area contributed by atoms with Crippen LogP contribution in [0.4, 0.5) is 0 Å². The largest absolute Gasteiger partial charge is 0.292 e. The van der Waals surface area contributed by atoms with Crippen molar-refractivity contribution in [3.63, 3.8) is 0 Å². The summed E-state index contributed by atoms with van der Waals surface area (Å²) < 4.78 is 1.73. The summed E-state index contributed by atoms with van der Waals surface area (Å²) in [4.78, 5) is 16.6. The molecule has 3 rings (SSSR count). The van der Waals surface area contributed by atoms with E-state index in [2.05, 4.69) is 23.2 Å². The number of fused-ring (bicyclic) bond motifs is 1. The van der Waals surface area contributed by atoms with Crippen LogP contribution in [0.5, 0.6) is 0 Å². The Balaban J connectivity index is 2.00. The van der Waals surface area contributed by atoms with E-state index in [-0.39, 0.29) is 16.6 Å². The summed E-state index contributed by atoms with van der Waals surface area (Å²) in [5.41, 5.74) is 3.95. The molecule has 1 aliphatic carbocycles. The molecule has 0 bridgehead atoms. The summed E-state index contributed by atoms with van der Waals surface area (Å²) in [6.45, 7) is 4.61. The van der Waals surface area contributed by atoms with Gasteiger partial charge in [0, 0.05) is 12.0 Å². The second-order valence-corrected chi connectivity index (χ2v) is 6.36. The quantitative estimate of drug-likeness (QED) is 0.813. The third-order valence-corrected chi connectivity index (χ3v) is 4.22. The molecule has 0 aliphatic heterocycles. The first kappa shape index (κ1) is 14.3. The van der Waals surface area contributed by atoms with Gasteiger partial charge in [-0.3, -0.25) is 9.36 Å². The van der Waals surface area contributed by atoms with Crippen LogP contribution in [0.25, 0.3) is 0 Å². The average molecular weight is 303 g/mol. The molecule has 0 unspecified atom stereocenters. The lowest BCUT2D eigenvalue weighted by Crippen LogP contribution is -2.25. The Kier molecular flexibility index (Phi) is 3.85. The van der Waals surface area contributed by atoms with E-state index in [9.17, 15) is 4.79 Å². The molecule has 3 nitrogen and oxygen atoms in total. The molecule has 0 atom stereocenters. The third-order valence-electron chi connectivity index (χ3n) is 4.03. The van der Waals surface area contributed by atoms with Crippen LogP contribution in [0.2, 0.25) is 5.15 Å². The zero-order valence-corrected chi connectivity index (χ0v) is 13.2. The average Bonchev–Trinajstić information content (AvgIpc) is 2.88. The van der Waals surface area contributed by atoms with Crippen LogP contribution in [0.1, 0.15) is 48.7 Å². The van der Waals surface area contributed by atoms with Gasteiger partial charge < -0.3 is 0 Å². The van der Waals surface area contributed by atoms with Crippen LogP contribution >= 0.6 is 11.6 Å². The molecule has 1 aromatic heterocycles. The van der Waals surface area contributed by atoms with E-state index in [1.54, 1.807) is 4.57 Å². The second kappa shape index (κ2) is 5.64. The number of rotatable bonds is 3. The lowest BCUT2D eigenvalue weighted by molar-refractivity contribution is 0.624. The van der Waals surface area contributed by atoms with Crippen LogP contribution < -0.4 is 5.56 Å². The minimum absolute atomic E-state index is 0.0841. The summed E-state index contributed by atoms with van der Waals surface area (Å²) in [7, 11) is 0. The zero-order chi connectivity index (χ0) is 15.0. The number of hydrogen-bond acceptors (Lipinski definition) is 2. The van der Waals surface area contributed by atoms with E-state index in [1.165, 1.54) is 30.0 Å². The highest BCUT2D eigenvalue weighted by Crippen LogP contribution is 2.23. The van der Waals surface area contributed by atoms with Gasteiger partial charge in [-0.1, -0.05) is 43.6 Å². The Morgan fingerprint density at radius 3 is 2.76 bits per heavy atom. The molecular formula is C17H19ClN2O. The summed E-state index contributed by atoms with van der Waals surface area (Å²) >= 11 is 5.92. The smallest absolute Gasteiger partial charge is 0.255 e. The van der Waals surface area contributed by atoms with E-state index in [1.807, 2.05) is 13.8 Å². The van der Waals surface area contributed by atoms with Crippen molar-refractivity contribution < 1.29 is 0 Å². The van der Waals surface area contributed by atoms with Gasteiger partial charge in [-0.25, -0.2) is 4.98 Å². The van der Waals surface area contributed by atoms with E-state index in [0.29, 0.717) is 6.54 Å². The SMILES string of the molecule is CC(C)c1nc(Cl)cc(=O)n1Cc1ccc2c(c1)CCC2. The maximum absolute atomic E-state index is 12.2. The van der Waals surface area contributed by atoms with Crippen LogP contribution in [0.15, 0.2) is 29.1 Å². The van der Waals surface area contributed by atoms with Crippen LogP contribution in [-0.4, -0.2) is 9.55 Å². The molecule has 110 valence electrons. The summed E-state index contributed by atoms with van der Waals surface area (Å²) in [5.74, 6) is 0.902. The van der Waals surface area contributed by atoms with Crippen molar-refractivity contribution in [1.82, 2.24) is 9.55 Å². The molecule has 4 heteroatoms. The van der Waals surface area contributed by atoms with Crippen LogP contribution in [0, 0.1) is 0 Å². The first-order valence-corrected chi connectivity index (χ1v) is 7.80. The summed E-state index contributed by atoms with van der Waals surface area (Å²) in [6, 6.07) is 7.94. The molecule has 0 spiro atoms. The minimum atomic E-state index is -0.0841. The molecule has 1 aromatic carbocycles. The van der Waals surface area contributed by atoms with Gasteiger partial charge in [0.15, 0.2) is 0 Å². The van der Waals surface area contributed by atoms with Crippen molar-refractivity contribution in [2.75, 3.05) is 0 Å². The molecule has 0 amide bonds. The predicted molar refractivity (Wildman–Crippen MR) is 85.2 cm³/mol. The Hall–Kier alpha value is -1.61. The normalized spacial score (nSPS) is 13.7. The number of aromatic nitrogens is 2. The predicted octanol–water partition coefficient (Wildman–Crippen LogP) is 3.56. The Morgan fingerprint density at radius 1 is 1.24 bits per heavy atom.